The van der Waals surface area contributed by atoms with Crippen molar-refractivity contribution in [2.45, 2.75) is 6.54 Å². The van der Waals surface area contributed by atoms with Gasteiger partial charge in [0, 0.05) is 34.4 Å². The van der Waals surface area contributed by atoms with Gasteiger partial charge in [-0.15, -0.1) is 0 Å². The highest BCUT2D eigenvalue weighted by molar-refractivity contribution is 6.30. The number of methoxy groups -OCH3 is 1. The molecule has 4 rings (SSSR count). The minimum absolute atomic E-state index is 0.288. The van der Waals surface area contributed by atoms with Crippen molar-refractivity contribution in [3.63, 3.8) is 0 Å². The number of carbonyl (C=O) groups is 2. The number of fused-ring (bicyclic) bond motifs is 2. The molecule has 0 spiro atoms. The van der Waals surface area contributed by atoms with Crippen LogP contribution in [0, 0.1) is 0 Å². The standard InChI is InChI=1S/C22H17ClN2O4/c1-28-17-8-4-14-12-24-22(27)18-10-16(7-9-19(18)29-20(14)11-17)25-21(26)13-2-5-15(23)6-3-13/h2-11H,12H2,1H3,(H,24,27)(H,25,26). The number of nitrogens with one attached hydrogen (secondary N) is 2. The number of rotatable bonds is 3. The molecule has 7 heteroatoms. The van der Waals surface area contributed by atoms with Gasteiger partial charge in [-0.05, 0) is 54.6 Å². The maximum Gasteiger partial charge on any atom is 0.255 e. The molecule has 0 aromatic heterocycles. The third-order valence-corrected chi connectivity index (χ3v) is 4.77. The van der Waals surface area contributed by atoms with E-state index in [9.17, 15) is 9.59 Å². The van der Waals surface area contributed by atoms with E-state index in [0.29, 0.717) is 45.6 Å². The van der Waals surface area contributed by atoms with E-state index < -0.39 is 0 Å². The van der Waals surface area contributed by atoms with Crippen LogP contribution in [0.4, 0.5) is 5.69 Å². The smallest absolute Gasteiger partial charge is 0.255 e. The van der Waals surface area contributed by atoms with Crippen LogP contribution in [0.25, 0.3) is 0 Å². The molecule has 0 aliphatic carbocycles. The second kappa shape index (κ2) is 7.85. The van der Waals surface area contributed by atoms with Gasteiger partial charge in [0.05, 0.1) is 12.7 Å². The normalized spacial score (nSPS) is 12.4. The molecule has 0 saturated heterocycles. The minimum atomic E-state index is -0.302. The van der Waals surface area contributed by atoms with Gasteiger partial charge in [0.1, 0.15) is 17.2 Å². The Morgan fingerprint density at radius 3 is 2.62 bits per heavy atom. The first-order chi connectivity index (χ1) is 14.0. The highest BCUT2D eigenvalue weighted by Crippen LogP contribution is 2.34. The molecule has 0 saturated carbocycles. The maximum atomic E-state index is 12.6. The molecule has 146 valence electrons. The summed E-state index contributed by atoms with van der Waals surface area (Å²) in [5.41, 5.74) is 2.11. The van der Waals surface area contributed by atoms with E-state index in [1.54, 1.807) is 55.6 Å². The fraction of sp³-hybridized carbons (Fsp3) is 0.0909. The Morgan fingerprint density at radius 1 is 1.07 bits per heavy atom. The van der Waals surface area contributed by atoms with Gasteiger partial charge >= 0.3 is 0 Å². The molecular formula is C22H17ClN2O4. The molecule has 1 aliphatic heterocycles. The SMILES string of the molecule is COc1ccc2c(c1)Oc1ccc(NC(=O)c3ccc(Cl)cc3)cc1C(=O)NC2. The second-order valence-electron chi connectivity index (χ2n) is 6.43. The van der Waals surface area contributed by atoms with Crippen LogP contribution in [-0.4, -0.2) is 18.9 Å². The van der Waals surface area contributed by atoms with Crippen molar-refractivity contribution in [3.05, 3.63) is 82.4 Å². The van der Waals surface area contributed by atoms with Gasteiger partial charge < -0.3 is 20.1 Å². The molecule has 1 aliphatic rings. The van der Waals surface area contributed by atoms with Crippen molar-refractivity contribution in [2.75, 3.05) is 12.4 Å². The van der Waals surface area contributed by atoms with Crippen molar-refractivity contribution < 1.29 is 19.1 Å². The molecule has 0 atom stereocenters. The largest absolute Gasteiger partial charge is 0.497 e. The summed E-state index contributed by atoms with van der Waals surface area (Å²) < 4.78 is 11.2. The molecule has 0 fully saturated rings. The quantitative estimate of drug-likeness (QED) is 0.662. The number of carbonyl (C=O) groups excluding carboxylic acids is 2. The molecule has 3 aromatic rings. The lowest BCUT2D eigenvalue weighted by molar-refractivity contribution is 0.0944. The first kappa shape index (κ1) is 18.8. The van der Waals surface area contributed by atoms with Crippen LogP contribution in [-0.2, 0) is 6.54 Å². The van der Waals surface area contributed by atoms with Gasteiger partial charge in [-0.2, -0.15) is 0 Å². The van der Waals surface area contributed by atoms with E-state index in [1.165, 1.54) is 0 Å². The van der Waals surface area contributed by atoms with Crippen LogP contribution in [0.15, 0.2) is 60.7 Å². The lowest BCUT2D eigenvalue weighted by Gasteiger charge is -2.19. The third-order valence-electron chi connectivity index (χ3n) is 4.52. The average molecular weight is 409 g/mol. The molecule has 2 N–H and O–H groups in total. The van der Waals surface area contributed by atoms with E-state index in [0.717, 1.165) is 5.56 Å². The van der Waals surface area contributed by atoms with Crippen LogP contribution in [0.3, 0.4) is 0 Å². The van der Waals surface area contributed by atoms with Gasteiger partial charge in [-0.1, -0.05) is 11.6 Å². The van der Waals surface area contributed by atoms with E-state index in [2.05, 4.69) is 10.6 Å². The Labute approximate surface area is 172 Å². The monoisotopic (exact) mass is 408 g/mol. The van der Waals surface area contributed by atoms with Crippen LogP contribution < -0.4 is 20.1 Å². The van der Waals surface area contributed by atoms with Gasteiger partial charge in [-0.3, -0.25) is 9.59 Å². The Bertz CT molecular complexity index is 1100. The molecule has 6 nitrogen and oxygen atoms in total. The van der Waals surface area contributed by atoms with Crippen molar-refractivity contribution in [1.29, 1.82) is 0 Å². The van der Waals surface area contributed by atoms with Crippen LogP contribution >= 0.6 is 11.6 Å². The van der Waals surface area contributed by atoms with E-state index in [-0.39, 0.29) is 11.8 Å². The summed E-state index contributed by atoms with van der Waals surface area (Å²) in [5, 5.41) is 6.20. The van der Waals surface area contributed by atoms with Gasteiger partial charge in [0.15, 0.2) is 0 Å². The average Bonchev–Trinajstić information content (AvgIpc) is 2.73. The number of benzene rings is 3. The predicted octanol–water partition coefficient (Wildman–Crippen LogP) is 4.64. The minimum Gasteiger partial charge on any atom is -0.497 e. The van der Waals surface area contributed by atoms with Crippen LogP contribution in [0.5, 0.6) is 17.2 Å². The van der Waals surface area contributed by atoms with E-state index in [1.807, 2.05) is 12.1 Å². The number of hydrogen-bond donors (Lipinski definition) is 2. The number of amides is 2. The summed E-state index contributed by atoms with van der Waals surface area (Å²) in [6, 6.07) is 16.9. The molecule has 1 heterocycles. The highest BCUT2D eigenvalue weighted by Gasteiger charge is 2.20. The van der Waals surface area contributed by atoms with Gasteiger partial charge in [0.2, 0.25) is 0 Å². The number of hydrogen-bond acceptors (Lipinski definition) is 4. The molecule has 0 radical (unpaired) electrons. The molecule has 29 heavy (non-hydrogen) atoms. The van der Waals surface area contributed by atoms with Gasteiger partial charge in [0.25, 0.3) is 11.8 Å². The second-order valence-corrected chi connectivity index (χ2v) is 6.87. The highest BCUT2D eigenvalue weighted by atomic mass is 35.5. The van der Waals surface area contributed by atoms with Crippen molar-refractivity contribution in [1.82, 2.24) is 5.32 Å². The predicted molar refractivity (Wildman–Crippen MR) is 110 cm³/mol. The van der Waals surface area contributed by atoms with E-state index in [4.69, 9.17) is 21.1 Å². The fourth-order valence-electron chi connectivity index (χ4n) is 2.97. The van der Waals surface area contributed by atoms with Crippen molar-refractivity contribution >= 4 is 29.1 Å². The zero-order valence-corrected chi connectivity index (χ0v) is 16.2. The number of ether oxygens (including phenoxy) is 2. The zero-order valence-electron chi connectivity index (χ0n) is 15.5. The molecule has 3 aromatic carbocycles. The maximum absolute atomic E-state index is 12.6. The molecular weight excluding hydrogens is 392 g/mol. The Hall–Kier alpha value is -3.51. The molecule has 0 unspecified atom stereocenters. The number of halogens is 1. The summed E-state index contributed by atoms with van der Waals surface area (Å²) in [6.45, 7) is 0.318. The molecule has 0 bridgehead atoms. The number of anilines is 1. The summed E-state index contributed by atoms with van der Waals surface area (Å²) in [4.78, 5) is 25.0. The summed E-state index contributed by atoms with van der Waals surface area (Å²) in [5.74, 6) is 1.06. The Balaban J connectivity index is 1.62. The first-order valence-electron chi connectivity index (χ1n) is 8.87. The summed E-state index contributed by atoms with van der Waals surface area (Å²) in [6.07, 6.45) is 0. The third kappa shape index (κ3) is 4.02. The topological polar surface area (TPSA) is 76.7 Å². The Kier molecular flexibility index (Phi) is 5.10. The summed E-state index contributed by atoms with van der Waals surface area (Å²) in [7, 11) is 1.58. The lowest BCUT2D eigenvalue weighted by atomic mass is 10.1. The van der Waals surface area contributed by atoms with E-state index >= 15 is 0 Å². The van der Waals surface area contributed by atoms with Gasteiger partial charge in [-0.25, -0.2) is 0 Å². The van der Waals surface area contributed by atoms with Crippen LogP contribution in [0.2, 0.25) is 5.02 Å². The molecule has 2 amide bonds. The fourth-order valence-corrected chi connectivity index (χ4v) is 3.10. The Morgan fingerprint density at radius 2 is 1.86 bits per heavy atom. The first-order valence-corrected chi connectivity index (χ1v) is 9.25. The van der Waals surface area contributed by atoms with Crippen LogP contribution in [0.1, 0.15) is 26.3 Å². The van der Waals surface area contributed by atoms with Crippen molar-refractivity contribution in [3.8, 4) is 17.2 Å². The lowest BCUT2D eigenvalue weighted by Crippen LogP contribution is -2.25. The zero-order chi connectivity index (χ0) is 20.4. The van der Waals surface area contributed by atoms with Crippen molar-refractivity contribution in [2.24, 2.45) is 0 Å². The summed E-state index contributed by atoms with van der Waals surface area (Å²) >= 11 is 5.86.